The number of carboxylic acids is 1. The summed E-state index contributed by atoms with van der Waals surface area (Å²) in [5, 5.41) is 16.9. The smallest absolute Gasteiger partial charge is 0.358 e. The molecule has 1 N–H and O–H groups in total. The summed E-state index contributed by atoms with van der Waals surface area (Å²) in [5.74, 6) is -1.64. The summed E-state index contributed by atoms with van der Waals surface area (Å²) < 4.78 is 14.9. The van der Waals surface area contributed by atoms with Gasteiger partial charge in [-0.3, -0.25) is 4.98 Å². The summed E-state index contributed by atoms with van der Waals surface area (Å²) in [6, 6.07) is 7.52. The Labute approximate surface area is 124 Å². The number of rotatable bonds is 3. The molecule has 7 heteroatoms. The molecule has 0 aliphatic carbocycles. The van der Waals surface area contributed by atoms with Gasteiger partial charge in [0.15, 0.2) is 5.69 Å². The molecule has 3 aromatic rings. The lowest BCUT2D eigenvalue weighted by atomic mass is 10.1. The van der Waals surface area contributed by atoms with Crippen molar-refractivity contribution in [1.29, 1.82) is 0 Å². The second-order valence-electron chi connectivity index (χ2n) is 4.67. The van der Waals surface area contributed by atoms with Crippen LogP contribution in [0.1, 0.15) is 16.1 Å². The van der Waals surface area contributed by atoms with Crippen molar-refractivity contribution in [2.75, 3.05) is 0 Å². The molecular formula is C15H11FN4O2. The van der Waals surface area contributed by atoms with Crippen molar-refractivity contribution in [3.63, 3.8) is 0 Å². The number of hydrogen-bond donors (Lipinski definition) is 1. The Morgan fingerprint density at radius 3 is 2.64 bits per heavy atom. The van der Waals surface area contributed by atoms with Crippen LogP contribution in [0.4, 0.5) is 4.39 Å². The number of halogens is 1. The minimum Gasteiger partial charge on any atom is -0.476 e. The van der Waals surface area contributed by atoms with Crippen molar-refractivity contribution in [3.8, 4) is 16.9 Å². The Hall–Kier alpha value is -3.09. The largest absolute Gasteiger partial charge is 0.476 e. The van der Waals surface area contributed by atoms with Gasteiger partial charge in [0.25, 0.3) is 0 Å². The summed E-state index contributed by atoms with van der Waals surface area (Å²) in [6.07, 6.45) is 3.08. The third-order valence-electron chi connectivity index (χ3n) is 3.23. The first-order chi connectivity index (χ1) is 10.6. The van der Waals surface area contributed by atoms with E-state index < -0.39 is 11.8 Å². The second-order valence-corrected chi connectivity index (χ2v) is 4.67. The summed E-state index contributed by atoms with van der Waals surface area (Å²) in [5.41, 5.74) is 1.85. The van der Waals surface area contributed by atoms with Crippen molar-refractivity contribution < 1.29 is 14.3 Å². The Balaban J connectivity index is 2.30. The molecule has 2 aromatic heterocycles. The zero-order valence-corrected chi connectivity index (χ0v) is 11.6. The molecule has 0 amide bonds. The van der Waals surface area contributed by atoms with Gasteiger partial charge in [0.2, 0.25) is 0 Å². The van der Waals surface area contributed by atoms with Crippen molar-refractivity contribution in [2.24, 2.45) is 0 Å². The van der Waals surface area contributed by atoms with E-state index in [0.717, 1.165) is 5.56 Å². The molecule has 0 aliphatic rings. The quantitative estimate of drug-likeness (QED) is 0.803. The highest BCUT2D eigenvalue weighted by atomic mass is 19.1. The summed E-state index contributed by atoms with van der Waals surface area (Å²) in [6.45, 7) is 1.78. The molecule has 6 nitrogen and oxygen atoms in total. The number of aromatic nitrogens is 4. The summed E-state index contributed by atoms with van der Waals surface area (Å²) in [7, 11) is 0. The average molecular weight is 298 g/mol. The van der Waals surface area contributed by atoms with Crippen LogP contribution in [-0.4, -0.2) is 31.1 Å². The van der Waals surface area contributed by atoms with Crippen molar-refractivity contribution in [3.05, 3.63) is 59.8 Å². The highest BCUT2D eigenvalue weighted by Crippen LogP contribution is 2.26. The van der Waals surface area contributed by atoms with Crippen LogP contribution in [0, 0.1) is 12.7 Å². The van der Waals surface area contributed by atoms with Gasteiger partial charge in [-0.05, 0) is 36.8 Å². The minimum absolute atomic E-state index is 0.199. The van der Waals surface area contributed by atoms with Crippen LogP contribution in [0.15, 0.2) is 42.7 Å². The Bertz CT molecular complexity index is 846. The third kappa shape index (κ3) is 2.32. The number of nitrogens with zero attached hydrogens (tertiary/aromatic N) is 4. The van der Waals surface area contributed by atoms with Gasteiger partial charge in [0.1, 0.15) is 11.5 Å². The molecule has 0 spiro atoms. The number of carboxylic acid groups (broad SMARTS) is 1. The summed E-state index contributed by atoms with van der Waals surface area (Å²) in [4.78, 5) is 15.3. The average Bonchev–Trinajstić information content (AvgIpc) is 2.95. The standard InChI is InChI=1S/C15H11FN4O2/c1-9-2-3-11(16)8-12(9)20-14(10-4-6-17-7-5-10)13(15(21)22)18-19-20/h2-8H,1H3,(H,21,22). The number of benzene rings is 1. The van der Waals surface area contributed by atoms with Gasteiger partial charge >= 0.3 is 5.97 Å². The predicted molar refractivity (Wildman–Crippen MR) is 76.2 cm³/mol. The Morgan fingerprint density at radius 1 is 1.23 bits per heavy atom. The van der Waals surface area contributed by atoms with Crippen LogP contribution in [0.25, 0.3) is 16.9 Å². The first kappa shape index (κ1) is 13.9. The first-order valence-corrected chi connectivity index (χ1v) is 6.44. The topological polar surface area (TPSA) is 80.9 Å². The maximum atomic E-state index is 13.5. The van der Waals surface area contributed by atoms with Crippen molar-refractivity contribution in [2.45, 2.75) is 6.92 Å². The lowest BCUT2D eigenvalue weighted by molar-refractivity contribution is 0.0691. The molecule has 0 atom stereocenters. The van der Waals surface area contributed by atoms with E-state index in [-0.39, 0.29) is 11.4 Å². The monoisotopic (exact) mass is 298 g/mol. The highest BCUT2D eigenvalue weighted by molar-refractivity contribution is 5.93. The number of carbonyl (C=O) groups is 1. The fourth-order valence-electron chi connectivity index (χ4n) is 2.17. The van der Waals surface area contributed by atoms with E-state index in [1.807, 2.05) is 0 Å². The molecule has 0 bridgehead atoms. The number of pyridine rings is 1. The first-order valence-electron chi connectivity index (χ1n) is 6.44. The van der Waals surface area contributed by atoms with Crippen molar-refractivity contribution in [1.82, 2.24) is 20.0 Å². The van der Waals surface area contributed by atoms with Gasteiger partial charge in [0.05, 0.1) is 5.69 Å². The maximum Gasteiger partial charge on any atom is 0.358 e. The van der Waals surface area contributed by atoms with Crippen LogP contribution < -0.4 is 0 Å². The molecule has 0 aliphatic heterocycles. The number of hydrogen-bond acceptors (Lipinski definition) is 4. The van der Waals surface area contributed by atoms with Gasteiger partial charge in [0, 0.05) is 18.0 Å². The zero-order chi connectivity index (χ0) is 15.7. The third-order valence-corrected chi connectivity index (χ3v) is 3.23. The van der Waals surface area contributed by atoms with Gasteiger partial charge in [-0.1, -0.05) is 11.3 Å². The highest BCUT2D eigenvalue weighted by Gasteiger charge is 2.22. The van der Waals surface area contributed by atoms with Gasteiger partial charge in [-0.2, -0.15) is 0 Å². The minimum atomic E-state index is -1.20. The van der Waals surface area contributed by atoms with Gasteiger partial charge in [-0.25, -0.2) is 13.9 Å². The van der Waals surface area contributed by atoms with Crippen LogP contribution >= 0.6 is 0 Å². The molecule has 0 saturated carbocycles. The van der Waals surface area contributed by atoms with E-state index in [1.165, 1.54) is 29.2 Å². The number of aryl methyl sites for hydroxylation is 1. The van der Waals surface area contributed by atoms with E-state index in [2.05, 4.69) is 15.3 Å². The maximum absolute atomic E-state index is 13.5. The molecule has 110 valence electrons. The molecule has 22 heavy (non-hydrogen) atoms. The van der Waals surface area contributed by atoms with Crippen LogP contribution in [0.3, 0.4) is 0 Å². The van der Waals surface area contributed by atoms with E-state index in [0.29, 0.717) is 11.3 Å². The van der Waals surface area contributed by atoms with Gasteiger partial charge in [-0.15, -0.1) is 5.10 Å². The SMILES string of the molecule is Cc1ccc(F)cc1-n1nnc(C(=O)O)c1-c1ccncc1. The van der Waals surface area contributed by atoms with Gasteiger partial charge < -0.3 is 5.11 Å². The van der Waals surface area contributed by atoms with Crippen LogP contribution in [0.5, 0.6) is 0 Å². The molecule has 0 radical (unpaired) electrons. The lowest BCUT2D eigenvalue weighted by Gasteiger charge is -2.10. The fourth-order valence-corrected chi connectivity index (χ4v) is 2.17. The zero-order valence-electron chi connectivity index (χ0n) is 11.6. The van der Waals surface area contributed by atoms with E-state index in [1.54, 1.807) is 25.1 Å². The molecule has 0 saturated heterocycles. The predicted octanol–water partition coefficient (Wildman–Crippen LogP) is 2.48. The van der Waals surface area contributed by atoms with E-state index >= 15 is 0 Å². The molecule has 3 rings (SSSR count). The Kier molecular flexibility index (Phi) is 3.38. The lowest BCUT2D eigenvalue weighted by Crippen LogP contribution is -2.05. The Morgan fingerprint density at radius 2 is 1.95 bits per heavy atom. The molecule has 1 aromatic carbocycles. The summed E-state index contributed by atoms with van der Waals surface area (Å²) >= 11 is 0. The molecular weight excluding hydrogens is 287 g/mol. The fraction of sp³-hybridized carbons (Fsp3) is 0.0667. The normalized spacial score (nSPS) is 10.6. The number of aromatic carboxylic acids is 1. The molecule has 2 heterocycles. The van der Waals surface area contributed by atoms with Crippen molar-refractivity contribution >= 4 is 5.97 Å². The van der Waals surface area contributed by atoms with E-state index in [4.69, 9.17) is 0 Å². The molecule has 0 unspecified atom stereocenters. The second kappa shape index (κ2) is 5.36. The van der Waals surface area contributed by atoms with Crippen LogP contribution in [-0.2, 0) is 0 Å². The van der Waals surface area contributed by atoms with E-state index in [9.17, 15) is 14.3 Å². The van der Waals surface area contributed by atoms with Crippen LogP contribution in [0.2, 0.25) is 0 Å². The molecule has 0 fully saturated rings.